The second kappa shape index (κ2) is 5.67. The molecule has 0 radical (unpaired) electrons. The normalized spacial score (nSPS) is 15.5. The molecule has 1 aromatic carbocycles. The van der Waals surface area contributed by atoms with Crippen LogP contribution >= 0.6 is 11.3 Å². The zero-order valence-corrected chi connectivity index (χ0v) is 15.3. The molecule has 0 atom stereocenters. The van der Waals surface area contributed by atoms with Gasteiger partial charge in [-0.3, -0.25) is 4.79 Å². The summed E-state index contributed by atoms with van der Waals surface area (Å²) in [4.78, 5) is 23.8. The molecule has 0 unspecified atom stereocenters. The molecular formula is C19H17N3O3S. The summed E-state index contributed by atoms with van der Waals surface area (Å²) in [6.07, 6.45) is 2.32. The van der Waals surface area contributed by atoms with Gasteiger partial charge in [0.2, 0.25) is 6.79 Å². The van der Waals surface area contributed by atoms with Gasteiger partial charge in [-0.05, 0) is 44.4 Å². The number of hydrogen-bond donors (Lipinski definition) is 1. The fraction of sp³-hybridized carbons (Fsp3) is 0.316. The van der Waals surface area contributed by atoms with Crippen molar-refractivity contribution in [1.82, 2.24) is 9.97 Å². The molecule has 132 valence electrons. The van der Waals surface area contributed by atoms with Crippen molar-refractivity contribution in [2.75, 3.05) is 12.1 Å². The van der Waals surface area contributed by atoms with Gasteiger partial charge in [-0.1, -0.05) is 0 Å². The molecule has 26 heavy (non-hydrogen) atoms. The van der Waals surface area contributed by atoms with Crippen molar-refractivity contribution < 1.29 is 14.3 Å². The number of thiophene rings is 1. The minimum absolute atomic E-state index is 0.142. The van der Waals surface area contributed by atoms with E-state index < -0.39 is 0 Å². The number of nitrogens with one attached hydrogen (secondary N) is 1. The van der Waals surface area contributed by atoms with Gasteiger partial charge < -0.3 is 14.8 Å². The van der Waals surface area contributed by atoms with Crippen molar-refractivity contribution in [3.8, 4) is 11.5 Å². The smallest absolute Gasteiger partial charge is 0.266 e. The highest BCUT2D eigenvalue weighted by molar-refractivity contribution is 7.20. The van der Waals surface area contributed by atoms with Gasteiger partial charge in [-0.2, -0.15) is 0 Å². The second-order valence-electron chi connectivity index (χ2n) is 6.70. The topological polar surface area (TPSA) is 73.3 Å². The summed E-state index contributed by atoms with van der Waals surface area (Å²) in [7, 11) is 0. The summed E-state index contributed by atoms with van der Waals surface area (Å²) in [6, 6.07) is 5.39. The summed E-state index contributed by atoms with van der Waals surface area (Å²) in [5.41, 5.74) is 2.56. The molecule has 3 aromatic rings. The Balaban J connectivity index is 1.49. The van der Waals surface area contributed by atoms with Crippen molar-refractivity contribution in [3.63, 3.8) is 0 Å². The van der Waals surface area contributed by atoms with Crippen molar-refractivity contribution >= 4 is 33.1 Å². The number of aryl methyl sites for hydroxylation is 2. The SMILES string of the molecule is Cc1nc(C2CC2)nc2sc(C(=O)Nc3ccc4c(c3)OCO4)c(C)c12. The van der Waals surface area contributed by atoms with E-state index in [1.807, 2.05) is 19.9 Å². The van der Waals surface area contributed by atoms with Gasteiger partial charge in [-0.15, -0.1) is 11.3 Å². The van der Waals surface area contributed by atoms with E-state index in [9.17, 15) is 4.79 Å². The molecule has 0 saturated heterocycles. The fourth-order valence-electron chi connectivity index (χ4n) is 3.26. The molecule has 1 saturated carbocycles. The number of carbonyl (C=O) groups is 1. The monoisotopic (exact) mass is 367 g/mol. The molecule has 7 heteroatoms. The van der Waals surface area contributed by atoms with Crippen LogP contribution in [0.15, 0.2) is 18.2 Å². The maximum absolute atomic E-state index is 12.8. The number of amides is 1. The van der Waals surface area contributed by atoms with Crippen molar-refractivity contribution in [3.05, 3.63) is 40.2 Å². The molecule has 3 heterocycles. The lowest BCUT2D eigenvalue weighted by Gasteiger charge is -2.05. The zero-order valence-electron chi connectivity index (χ0n) is 14.5. The Hall–Kier alpha value is -2.67. The average Bonchev–Trinajstić information content (AvgIpc) is 3.27. The van der Waals surface area contributed by atoms with Crippen LogP contribution in [0.1, 0.15) is 45.5 Å². The summed E-state index contributed by atoms with van der Waals surface area (Å²) in [6.45, 7) is 4.17. The van der Waals surface area contributed by atoms with E-state index in [0.29, 0.717) is 28.0 Å². The summed E-state index contributed by atoms with van der Waals surface area (Å²) >= 11 is 1.43. The van der Waals surface area contributed by atoms with Gasteiger partial charge in [-0.25, -0.2) is 9.97 Å². The van der Waals surface area contributed by atoms with Crippen LogP contribution in [0.3, 0.4) is 0 Å². The Bertz CT molecular complexity index is 1060. The van der Waals surface area contributed by atoms with E-state index in [1.165, 1.54) is 11.3 Å². The lowest BCUT2D eigenvalue weighted by atomic mass is 10.1. The standard InChI is InChI=1S/C19H17N3O3S/c1-9-15-10(2)20-17(11-3-4-11)22-19(15)26-16(9)18(23)21-12-5-6-13-14(7-12)25-8-24-13/h5-7,11H,3-4,8H2,1-2H3,(H,21,23). The lowest BCUT2D eigenvalue weighted by molar-refractivity contribution is 0.103. The summed E-state index contributed by atoms with van der Waals surface area (Å²) in [5, 5.41) is 3.94. The number of ether oxygens (including phenoxy) is 2. The highest BCUT2D eigenvalue weighted by atomic mass is 32.1. The van der Waals surface area contributed by atoms with Crippen molar-refractivity contribution in [1.29, 1.82) is 0 Å². The first-order valence-corrected chi connectivity index (χ1v) is 9.40. The number of hydrogen-bond acceptors (Lipinski definition) is 6. The third kappa shape index (κ3) is 2.50. The van der Waals surface area contributed by atoms with Gasteiger partial charge >= 0.3 is 0 Å². The zero-order chi connectivity index (χ0) is 17.8. The number of anilines is 1. The molecule has 1 aliphatic heterocycles. The van der Waals surface area contributed by atoms with E-state index in [1.54, 1.807) is 12.1 Å². The Kier molecular flexibility index (Phi) is 3.40. The van der Waals surface area contributed by atoms with Crippen LogP contribution in [0.25, 0.3) is 10.2 Å². The molecule has 1 aliphatic carbocycles. The molecule has 6 nitrogen and oxygen atoms in total. The van der Waals surface area contributed by atoms with E-state index in [-0.39, 0.29) is 12.7 Å². The van der Waals surface area contributed by atoms with Gasteiger partial charge in [0.05, 0.1) is 10.6 Å². The molecule has 0 bridgehead atoms. The summed E-state index contributed by atoms with van der Waals surface area (Å²) in [5.74, 6) is 2.60. The van der Waals surface area contributed by atoms with E-state index >= 15 is 0 Å². The average molecular weight is 367 g/mol. The molecule has 0 spiro atoms. The predicted octanol–water partition coefficient (Wildman–Crippen LogP) is 4.17. The Morgan fingerprint density at radius 1 is 1.19 bits per heavy atom. The molecule has 2 aromatic heterocycles. The van der Waals surface area contributed by atoms with Gasteiger partial charge in [0.1, 0.15) is 10.7 Å². The van der Waals surface area contributed by atoms with Crippen LogP contribution in [-0.4, -0.2) is 22.7 Å². The first kappa shape index (κ1) is 15.6. The molecule has 1 fully saturated rings. The third-order valence-corrected chi connectivity index (χ3v) is 5.95. The van der Waals surface area contributed by atoms with Gasteiger partial charge in [0.15, 0.2) is 11.5 Å². The van der Waals surface area contributed by atoms with Crippen LogP contribution in [0.4, 0.5) is 5.69 Å². The highest BCUT2D eigenvalue weighted by Crippen LogP contribution is 2.40. The maximum Gasteiger partial charge on any atom is 0.266 e. The first-order chi connectivity index (χ1) is 12.6. The minimum atomic E-state index is -0.142. The molecule has 1 amide bonds. The van der Waals surface area contributed by atoms with E-state index in [0.717, 1.165) is 40.1 Å². The van der Waals surface area contributed by atoms with Crippen molar-refractivity contribution in [2.45, 2.75) is 32.6 Å². The third-order valence-electron chi connectivity index (χ3n) is 4.77. The Morgan fingerprint density at radius 2 is 2.00 bits per heavy atom. The van der Waals surface area contributed by atoms with Crippen molar-refractivity contribution in [2.24, 2.45) is 0 Å². The van der Waals surface area contributed by atoms with Gasteiger partial charge in [0, 0.05) is 23.1 Å². The van der Waals surface area contributed by atoms with E-state index in [4.69, 9.17) is 14.5 Å². The predicted molar refractivity (Wildman–Crippen MR) is 99.4 cm³/mol. The van der Waals surface area contributed by atoms with Crippen LogP contribution in [0, 0.1) is 13.8 Å². The van der Waals surface area contributed by atoms with E-state index in [2.05, 4.69) is 10.3 Å². The molecule has 5 rings (SSSR count). The Morgan fingerprint density at radius 3 is 2.81 bits per heavy atom. The molecule has 1 N–H and O–H groups in total. The number of benzene rings is 1. The number of aromatic nitrogens is 2. The second-order valence-corrected chi connectivity index (χ2v) is 7.70. The Labute approximate surface area is 154 Å². The number of fused-ring (bicyclic) bond motifs is 2. The highest BCUT2D eigenvalue weighted by Gasteiger charge is 2.28. The number of nitrogens with zero attached hydrogens (tertiary/aromatic N) is 2. The van der Waals surface area contributed by atoms with Crippen LogP contribution in [-0.2, 0) is 0 Å². The quantitative estimate of drug-likeness (QED) is 0.752. The van der Waals surface area contributed by atoms with Gasteiger partial charge in [0.25, 0.3) is 5.91 Å². The first-order valence-electron chi connectivity index (χ1n) is 8.59. The maximum atomic E-state index is 12.8. The summed E-state index contributed by atoms with van der Waals surface area (Å²) < 4.78 is 10.7. The van der Waals surface area contributed by atoms with Crippen LogP contribution in [0.2, 0.25) is 0 Å². The lowest BCUT2D eigenvalue weighted by Crippen LogP contribution is -2.11. The number of carbonyl (C=O) groups excluding carboxylic acids is 1. The molecule has 2 aliphatic rings. The largest absolute Gasteiger partial charge is 0.454 e. The minimum Gasteiger partial charge on any atom is -0.454 e. The van der Waals surface area contributed by atoms with Crippen LogP contribution < -0.4 is 14.8 Å². The molecular weight excluding hydrogens is 350 g/mol. The number of rotatable bonds is 3. The van der Waals surface area contributed by atoms with Crippen LogP contribution in [0.5, 0.6) is 11.5 Å². The fourth-order valence-corrected chi connectivity index (χ4v) is 4.40.